The lowest BCUT2D eigenvalue weighted by Gasteiger charge is -2.16. The Hall–Kier alpha value is -3.33. The molecule has 5 N–H and O–H groups in total. The molecule has 3 rings (SSSR count). The van der Waals surface area contributed by atoms with Crippen LogP contribution in [0.4, 0.5) is 8.78 Å². The van der Waals surface area contributed by atoms with Crippen molar-refractivity contribution < 1.29 is 14.3 Å². The Bertz CT molecular complexity index is 1210. The van der Waals surface area contributed by atoms with E-state index in [1.54, 1.807) is 0 Å². The van der Waals surface area contributed by atoms with Crippen molar-refractivity contribution in [3.8, 4) is 0 Å². The lowest BCUT2D eigenvalue weighted by molar-refractivity contribution is 0.571. The summed E-state index contributed by atoms with van der Waals surface area (Å²) in [5.41, 5.74) is -0.632. The average molecular weight is 390 g/mol. The number of H-pyrrole nitrogens is 3. The molecule has 0 unspecified atom stereocenters. The van der Waals surface area contributed by atoms with Gasteiger partial charge >= 0.3 is 0 Å². The zero-order chi connectivity index (χ0) is 19.8. The molecule has 0 radical (unpaired) electrons. The lowest BCUT2D eigenvalue weighted by Crippen LogP contribution is -2.47. The van der Waals surface area contributed by atoms with Gasteiger partial charge in [-0.05, 0) is 24.3 Å². The predicted octanol–water partition coefficient (Wildman–Crippen LogP) is 0.195. The van der Waals surface area contributed by atoms with Crippen LogP contribution >= 0.6 is 0 Å². The van der Waals surface area contributed by atoms with Gasteiger partial charge in [-0.15, -0.1) is 0 Å². The molecule has 3 aromatic rings. The van der Waals surface area contributed by atoms with Crippen LogP contribution in [-0.2, 0) is 5.41 Å². The van der Waals surface area contributed by atoms with Crippen molar-refractivity contribution in [2.45, 2.75) is 26.2 Å². The molecule has 1 aromatic carbocycles. The minimum Gasteiger partial charge on any atom is -0.412 e. The van der Waals surface area contributed by atoms with E-state index in [4.69, 9.17) is 0 Å². The third-order valence-electron chi connectivity index (χ3n) is 3.97. The maximum absolute atomic E-state index is 13.8. The standard InChI is InChI=1S/C19H18F2N4O2.H2O/c1-19(2,3)16-13(22-9-23-16)8-15-18(27)24-14(17(26)25-15)7-10-11(20)5-4-6-12(10)21;/h4-9H,1-3H3,(H,22,23)(H,24,27)(H,25,26);1H2/b14-7-,15-8-;. The summed E-state index contributed by atoms with van der Waals surface area (Å²) in [5.74, 6) is -1.67. The van der Waals surface area contributed by atoms with Crippen molar-refractivity contribution in [3.05, 3.63) is 84.5 Å². The molecular weight excluding hydrogens is 370 g/mol. The van der Waals surface area contributed by atoms with Crippen molar-refractivity contribution in [3.63, 3.8) is 0 Å². The number of nitrogens with one attached hydrogen (secondary N) is 3. The second kappa shape index (κ2) is 7.73. The first kappa shape index (κ1) is 21.0. The summed E-state index contributed by atoms with van der Waals surface area (Å²) < 4.78 is 27.5. The molecule has 148 valence electrons. The molecule has 0 atom stereocenters. The van der Waals surface area contributed by atoms with E-state index in [2.05, 4.69) is 19.9 Å². The van der Waals surface area contributed by atoms with Gasteiger partial charge in [-0.2, -0.15) is 0 Å². The van der Waals surface area contributed by atoms with E-state index >= 15 is 0 Å². The van der Waals surface area contributed by atoms with Crippen LogP contribution in [-0.4, -0.2) is 25.4 Å². The smallest absolute Gasteiger partial charge is 0.272 e. The van der Waals surface area contributed by atoms with Crippen molar-refractivity contribution in [2.75, 3.05) is 0 Å². The second-order valence-corrected chi connectivity index (χ2v) is 7.07. The zero-order valence-corrected chi connectivity index (χ0v) is 15.5. The summed E-state index contributed by atoms with van der Waals surface area (Å²) in [6, 6.07) is 3.34. The van der Waals surface area contributed by atoms with Gasteiger partial charge in [0.2, 0.25) is 0 Å². The van der Waals surface area contributed by atoms with E-state index in [1.807, 2.05) is 20.8 Å². The topological polar surface area (TPSA) is 126 Å². The summed E-state index contributed by atoms with van der Waals surface area (Å²) in [4.78, 5) is 36.6. The highest BCUT2D eigenvalue weighted by Crippen LogP contribution is 2.22. The molecule has 0 spiro atoms. The van der Waals surface area contributed by atoms with Crippen LogP contribution in [0.3, 0.4) is 0 Å². The van der Waals surface area contributed by atoms with E-state index in [9.17, 15) is 18.4 Å². The van der Waals surface area contributed by atoms with Crippen molar-refractivity contribution in [1.82, 2.24) is 19.9 Å². The van der Waals surface area contributed by atoms with E-state index in [0.29, 0.717) is 5.69 Å². The van der Waals surface area contributed by atoms with Crippen LogP contribution in [0.5, 0.6) is 0 Å². The molecule has 9 heteroatoms. The number of hydrogen-bond acceptors (Lipinski definition) is 3. The minimum absolute atomic E-state index is 0. The van der Waals surface area contributed by atoms with Crippen molar-refractivity contribution in [1.29, 1.82) is 0 Å². The third-order valence-corrected chi connectivity index (χ3v) is 3.97. The number of halogens is 2. The summed E-state index contributed by atoms with van der Waals surface area (Å²) in [7, 11) is 0. The Morgan fingerprint density at radius 1 is 0.964 bits per heavy atom. The molecule has 0 aliphatic rings. The average Bonchev–Trinajstić information content (AvgIpc) is 3.04. The van der Waals surface area contributed by atoms with Gasteiger partial charge in [0.25, 0.3) is 11.1 Å². The SMILES string of the molecule is CC(C)(C)c1[nH]cnc1/C=c1\[nH]c(=O)/c(=C/c2c(F)cccc2F)[nH]c1=O.O. The van der Waals surface area contributed by atoms with E-state index in [0.717, 1.165) is 23.9 Å². The summed E-state index contributed by atoms with van der Waals surface area (Å²) in [5, 5.41) is -0.261. The molecule has 0 saturated carbocycles. The van der Waals surface area contributed by atoms with Gasteiger partial charge in [0, 0.05) is 16.7 Å². The monoisotopic (exact) mass is 390 g/mol. The highest BCUT2D eigenvalue weighted by atomic mass is 19.1. The first-order valence-corrected chi connectivity index (χ1v) is 8.21. The first-order chi connectivity index (χ1) is 12.7. The third kappa shape index (κ3) is 4.15. The van der Waals surface area contributed by atoms with Gasteiger partial charge in [0.05, 0.1) is 12.0 Å². The highest BCUT2D eigenvalue weighted by molar-refractivity contribution is 5.50. The molecule has 0 aliphatic heterocycles. The van der Waals surface area contributed by atoms with Crippen LogP contribution in [0.2, 0.25) is 0 Å². The second-order valence-electron chi connectivity index (χ2n) is 7.07. The van der Waals surface area contributed by atoms with Crippen LogP contribution in [0.1, 0.15) is 37.7 Å². The van der Waals surface area contributed by atoms with Gasteiger partial charge in [0.1, 0.15) is 22.3 Å². The summed E-state index contributed by atoms with van der Waals surface area (Å²) in [6.07, 6.45) is 3.91. The van der Waals surface area contributed by atoms with Crippen molar-refractivity contribution in [2.24, 2.45) is 0 Å². The number of rotatable bonds is 2. The van der Waals surface area contributed by atoms with Gasteiger partial charge in [-0.3, -0.25) is 9.59 Å². The van der Waals surface area contributed by atoms with Crippen LogP contribution in [0.15, 0.2) is 34.1 Å². The van der Waals surface area contributed by atoms with E-state index in [1.165, 1.54) is 18.5 Å². The number of aromatic amines is 3. The zero-order valence-electron chi connectivity index (χ0n) is 15.5. The fraction of sp³-hybridized carbons (Fsp3) is 0.211. The Kier molecular flexibility index (Phi) is 5.79. The van der Waals surface area contributed by atoms with Crippen LogP contribution < -0.4 is 21.8 Å². The molecule has 2 heterocycles. The first-order valence-electron chi connectivity index (χ1n) is 8.21. The predicted molar refractivity (Wildman–Crippen MR) is 101 cm³/mol. The molecule has 2 aromatic heterocycles. The molecule has 0 saturated heterocycles. The van der Waals surface area contributed by atoms with Gasteiger partial charge in [-0.25, -0.2) is 13.8 Å². The summed E-state index contributed by atoms with van der Waals surface area (Å²) >= 11 is 0. The molecular formula is C19H20F2N4O3. The Morgan fingerprint density at radius 2 is 1.50 bits per heavy atom. The van der Waals surface area contributed by atoms with Crippen LogP contribution in [0, 0.1) is 11.6 Å². The Labute approximate surface area is 157 Å². The minimum atomic E-state index is -0.836. The Morgan fingerprint density at radius 3 is 2.04 bits per heavy atom. The Balaban J connectivity index is 0.00000280. The van der Waals surface area contributed by atoms with E-state index < -0.39 is 28.3 Å². The quantitative estimate of drug-likeness (QED) is 0.578. The molecule has 28 heavy (non-hydrogen) atoms. The fourth-order valence-electron chi connectivity index (χ4n) is 2.64. The van der Waals surface area contributed by atoms with Gasteiger partial charge in [0.15, 0.2) is 0 Å². The van der Waals surface area contributed by atoms with Crippen LogP contribution in [0.25, 0.3) is 12.2 Å². The highest BCUT2D eigenvalue weighted by Gasteiger charge is 2.19. The number of aromatic nitrogens is 4. The number of nitrogens with zero attached hydrogens (tertiary/aromatic N) is 1. The van der Waals surface area contributed by atoms with Gasteiger partial charge < -0.3 is 20.4 Å². The normalized spacial score (nSPS) is 12.9. The van der Waals surface area contributed by atoms with E-state index in [-0.39, 0.29) is 21.6 Å². The maximum atomic E-state index is 13.8. The maximum Gasteiger partial charge on any atom is 0.272 e. The molecule has 7 nitrogen and oxygen atoms in total. The fourth-order valence-corrected chi connectivity index (χ4v) is 2.64. The summed E-state index contributed by atoms with van der Waals surface area (Å²) in [6.45, 7) is 5.93. The molecule has 0 bridgehead atoms. The lowest BCUT2D eigenvalue weighted by atomic mass is 9.90. The van der Waals surface area contributed by atoms with Crippen molar-refractivity contribution >= 4 is 12.2 Å². The molecule has 0 fully saturated rings. The van der Waals surface area contributed by atoms with Gasteiger partial charge in [-0.1, -0.05) is 26.8 Å². The number of imidazole rings is 1. The number of benzene rings is 1. The molecule has 0 aliphatic carbocycles. The number of hydrogen-bond donors (Lipinski definition) is 3. The largest absolute Gasteiger partial charge is 0.412 e. The molecule has 0 amide bonds.